The highest BCUT2D eigenvalue weighted by atomic mass is 35.5. The maximum atomic E-state index is 13.9. The molecule has 0 aliphatic rings. The van der Waals surface area contributed by atoms with Crippen molar-refractivity contribution in [3.05, 3.63) is 63.7 Å². The second-order valence-electron chi connectivity index (χ2n) is 7.87. The number of benzene rings is 1. The van der Waals surface area contributed by atoms with Gasteiger partial charge in [-0.15, -0.1) is 0 Å². The van der Waals surface area contributed by atoms with E-state index in [1.807, 2.05) is 51.7 Å². The summed E-state index contributed by atoms with van der Waals surface area (Å²) >= 11 is 6.51. The zero-order valence-corrected chi connectivity index (χ0v) is 18.6. The van der Waals surface area contributed by atoms with Crippen LogP contribution in [0.25, 0.3) is 11.5 Å². The van der Waals surface area contributed by atoms with Gasteiger partial charge in [-0.3, -0.25) is 13.9 Å². The van der Waals surface area contributed by atoms with Crippen LogP contribution in [0.1, 0.15) is 41.9 Å². The first kappa shape index (κ1) is 22.4. The first-order valence-electron chi connectivity index (χ1n) is 9.74. The summed E-state index contributed by atoms with van der Waals surface area (Å²) in [5.41, 5.74) is 3.74. The van der Waals surface area contributed by atoms with Gasteiger partial charge in [0.05, 0.1) is 11.4 Å². The Labute approximate surface area is 179 Å². The summed E-state index contributed by atoms with van der Waals surface area (Å²) in [6.07, 6.45) is -3.06. The molecule has 4 nitrogen and oxygen atoms in total. The quantitative estimate of drug-likeness (QED) is 0.433. The van der Waals surface area contributed by atoms with E-state index < -0.39 is 11.9 Å². The number of halogens is 4. The molecule has 0 N–H and O–H groups in total. The molecule has 2 heterocycles. The summed E-state index contributed by atoms with van der Waals surface area (Å²) in [7, 11) is 0. The SMILES string of the molecule is C=C(C)CN(CC)Cc1c(C(F)(F)F)nc2n(-c3c(C)cc(C)cc3C)c(Cl)cn12. The Morgan fingerprint density at radius 3 is 2.30 bits per heavy atom. The third-order valence-electron chi connectivity index (χ3n) is 5.08. The molecule has 0 atom stereocenters. The average molecular weight is 439 g/mol. The highest BCUT2D eigenvalue weighted by Gasteiger charge is 2.39. The van der Waals surface area contributed by atoms with E-state index in [1.54, 1.807) is 4.57 Å². The summed E-state index contributed by atoms with van der Waals surface area (Å²) in [6.45, 7) is 14.6. The molecule has 2 aromatic heterocycles. The molecule has 0 fully saturated rings. The third-order valence-corrected chi connectivity index (χ3v) is 5.35. The molecule has 0 saturated carbocycles. The minimum Gasteiger partial charge on any atom is -0.294 e. The first-order valence-corrected chi connectivity index (χ1v) is 10.1. The fourth-order valence-corrected chi connectivity index (χ4v) is 4.25. The number of nitrogens with zero attached hydrogens (tertiary/aromatic N) is 4. The molecule has 30 heavy (non-hydrogen) atoms. The Kier molecular flexibility index (Phi) is 6.07. The first-order chi connectivity index (χ1) is 13.9. The molecule has 0 aliphatic heterocycles. The zero-order chi connectivity index (χ0) is 22.4. The largest absolute Gasteiger partial charge is 0.435 e. The molecule has 0 saturated heterocycles. The molecule has 0 radical (unpaired) electrons. The Morgan fingerprint density at radius 1 is 1.20 bits per heavy atom. The number of imidazole rings is 2. The molecule has 0 aliphatic carbocycles. The minimum absolute atomic E-state index is 0.0728. The fraction of sp³-hybridized carbons (Fsp3) is 0.409. The van der Waals surface area contributed by atoms with E-state index in [0.29, 0.717) is 18.2 Å². The van der Waals surface area contributed by atoms with Crippen molar-refractivity contribution in [2.45, 2.75) is 47.3 Å². The van der Waals surface area contributed by atoms with Gasteiger partial charge in [0.15, 0.2) is 5.69 Å². The van der Waals surface area contributed by atoms with Crippen molar-refractivity contribution in [3.8, 4) is 5.69 Å². The number of rotatable bonds is 6. The predicted octanol–water partition coefficient (Wildman–Crippen LogP) is 6.12. The van der Waals surface area contributed by atoms with Crippen molar-refractivity contribution < 1.29 is 13.2 Å². The van der Waals surface area contributed by atoms with Crippen molar-refractivity contribution in [3.63, 3.8) is 0 Å². The summed E-state index contributed by atoms with van der Waals surface area (Å²) in [5.74, 6) is 0.156. The van der Waals surface area contributed by atoms with Gasteiger partial charge in [0.1, 0.15) is 5.15 Å². The lowest BCUT2D eigenvalue weighted by molar-refractivity contribution is -0.141. The van der Waals surface area contributed by atoms with E-state index >= 15 is 0 Å². The van der Waals surface area contributed by atoms with E-state index in [1.165, 1.54) is 10.6 Å². The van der Waals surface area contributed by atoms with Crippen molar-refractivity contribution >= 4 is 17.4 Å². The minimum atomic E-state index is -4.57. The molecule has 8 heteroatoms. The summed E-state index contributed by atoms with van der Waals surface area (Å²) in [6, 6.07) is 3.96. The van der Waals surface area contributed by atoms with Crippen LogP contribution >= 0.6 is 11.6 Å². The number of aromatic nitrogens is 3. The number of fused-ring (bicyclic) bond motifs is 1. The van der Waals surface area contributed by atoms with Gasteiger partial charge in [0.25, 0.3) is 0 Å². The molecule has 0 unspecified atom stereocenters. The van der Waals surface area contributed by atoms with Gasteiger partial charge in [-0.1, -0.05) is 48.4 Å². The van der Waals surface area contributed by atoms with Crippen molar-refractivity contribution in [2.75, 3.05) is 13.1 Å². The standard InChI is InChI=1S/C22H26ClF3N4/c1-7-28(10-13(2)3)11-17-20(22(24,25)26)27-21-29(17)12-18(23)30(21)19-15(5)8-14(4)9-16(19)6/h8-9,12H,2,7,10-11H2,1,3-6H3. The van der Waals surface area contributed by atoms with Crippen molar-refractivity contribution in [2.24, 2.45) is 0 Å². The highest BCUT2D eigenvalue weighted by Crippen LogP contribution is 2.36. The maximum Gasteiger partial charge on any atom is 0.435 e. The van der Waals surface area contributed by atoms with Crippen molar-refractivity contribution in [1.29, 1.82) is 0 Å². The smallest absolute Gasteiger partial charge is 0.294 e. The van der Waals surface area contributed by atoms with Crippen LogP contribution in [0.5, 0.6) is 0 Å². The molecule has 0 bridgehead atoms. The highest BCUT2D eigenvalue weighted by molar-refractivity contribution is 6.30. The molecule has 162 valence electrons. The predicted molar refractivity (Wildman–Crippen MR) is 115 cm³/mol. The Hall–Kier alpha value is -2.25. The number of aryl methyl sites for hydroxylation is 3. The van der Waals surface area contributed by atoms with E-state index in [2.05, 4.69) is 11.6 Å². The van der Waals surface area contributed by atoms with Crippen LogP contribution in [-0.4, -0.2) is 31.9 Å². The lowest BCUT2D eigenvalue weighted by Crippen LogP contribution is -2.26. The van der Waals surface area contributed by atoms with Gasteiger partial charge in [0.2, 0.25) is 5.78 Å². The van der Waals surface area contributed by atoms with E-state index in [0.717, 1.165) is 28.0 Å². The van der Waals surface area contributed by atoms with Gasteiger partial charge in [-0.05, 0) is 45.4 Å². The van der Waals surface area contributed by atoms with Crippen LogP contribution in [0.2, 0.25) is 5.15 Å². The van der Waals surface area contributed by atoms with Crippen LogP contribution < -0.4 is 0 Å². The second-order valence-corrected chi connectivity index (χ2v) is 8.26. The van der Waals surface area contributed by atoms with Crippen LogP contribution in [0.15, 0.2) is 30.5 Å². The lowest BCUT2D eigenvalue weighted by atomic mass is 10.1. The monoisotopic (exact) mass is 438 g/mol. The Bertz CT molecular complexity index is 1080. The van der Waals surface area contributed by atoms with E-state index in [9.17, 15) is 13.2 Å². The number of alkyl halides is 3. The van der Waals surface area contributed by atoms with Crippen LogP contribution in [0.3, 0.4) is 0 Å². The number of likely N-dealkylation sites (N-methyl/N-ethyl adjacent to an activating group) is 1. The summed E-state index contributed by atoms with van der Waals surface area (Å²) in [5, 5.41) is 0.311. The van der Waals surface area contributed by atoms with E-state index in [-0.39, 0.29) is 18.0 Å². The number of hydrogen-bond acceptors (Lipinski definition) is 2. The Morgan fingerprint density at radius 2 is 1.80 bits per heavy atom. The van der Waals surface area contributed by atoms with Gasteiger partial charge >= 0.3 is 6.18 Å². The third kappa shape index (κ3) is 4.14. The maximum absolute atomic E-state index is 13.9. The van der Waals surface area contributed by atoms with Gasteiger partial charge in [-0.2, -0.15) is 13.2 Å². The van der Waals surface area contributed by atoms with Crippen molar-refractivity contribution in [1.82, 2.24) is 18.9 Å². The molecular weight excluding hydrogens is 413 g/mol. The Balaban J connectivity index is 2.26. The molecule has 1 aromatic carbocycles. The van der Waals surface area contributed by atoms with Gasteiger partial charge in [0, 0.05) is 19.3 Å². The average Bonchev–Trinajstić information content (AvgIpc) is 3.09. The fourth-order valence-electron chi connectivity index (χ4n) is 3.99. The molecule has 0 spiro atoms. The van der Waals surface area contributed by atoms with Crippen LogP contribution in [0.4, 0.5) is 13.2 Å². The summed E-state index contributed by atoms with van der Waals surface area (Å²) in [4.78, 5) is 5.92. The summed E-state index contributed by atoms with van der Waals surface area (Å²) < 4.78 is 44.7. The topological polar surface area (TPSA) is 25.5 Å². The lowest BCUT2D eigenvalue weighted by Gasteiger charge is -2.21. The molecule has 3 aromatic rings. The normalized spacial score (nSPS) is 12.3. The van der Waals surface area contributed by atoms with Gasteiger partial charge < -0.3 is 0 Å². The van der Waals surface area contributed by atoms with Gasteiger partial charge in [-0.25, -0.2) is 4.98 Å². The van der Waals surface area contributed by atoms with E-state index in [4.69, 9.17) is 11.6 Å². The molecular formula is C22H26ClF3N4. The van der Waals surface area contributed by atoms with Crippen LogP contribution in [0, 0.1) is 20.8 Å². The molecule has 0 amide bonds. The van der Waals surface area contributed by atoms with Crippen LogP contribution in [-0.2, 0) is 12.7 Å². The second kappa shape index (κ2) is 8.12. The molecule has 3 rings (SSSR count). The number of hydrogen-bond donors (Lipinski definition) is 0. The zero-order valence-electron chi connectivity index (χ0n) is 17.9.